The van der Waals surface area contributed by atoms with E-state index in [9.17, 15) is 4.79 Å². The van der Waals surface area contributed by atoms with Gasteiger partial charge in [-0.05, 0) is 0 Å². The van der Waals surface area contributed by atoms with Crippen molar-refractivity contribution in [1.82, 2.24) is 15.3 Å². The zero-order valence-electron chi connectivity index (χ0n) is 10.7. The maximum atomic E-state index is 11.3. The molecule has 18 heavy (non-hydrogen) atoms. The van der Waals surface area contributed by atoms with Crippen LogP contribution < -0.4 is 16.0 Å². The summed E-state index contributed by atoms with van der Waals surface area (Å²) in [6.45, 7) is 4.81. The number of rotatable bonds is 6. The van der Waals surface area contributed by atoms with Crippen molar-refractivity contribution in [2.45, 2.75) is 13.8 Å². The number of amides is 1. The molecule has 0 aliphatic rings. The number of anilines is 2. The molecule has 1 aromatic rings. The SMILES string of the molecule is CNc1c(Cl)ncnc1NCCNC(=O)C(C)C. The van der Waals surface area contributed by atoms with Gasteiger partial charge in [-0.3, -0.25) is 4.79 Å². The van der Waals surface area contributed by atoms with Crippen LogP contribution in [0.25, 0.3) is 0 Å². The fourth-order valence-electron chi connectivity index (χ4n) is 1.29. The monoisotopic (exact) mass is 271 g/mol. The first kappa shape index (κ1) is 14.5. The molecule has 0 fully saturated rings. The molecule has 0 atom stereocenters. The highest BCUT2D eigenvalue weighted by Crippen LogP contribution is 2.24. The van der Waals surface area contributed by atoms with Crippen LogP contribution >= 0.6 is 11.6 Å². The number of carbonyl (C=O) groups excluding carboxylic acids is 1. The Morgan fingerprint density at radius 2 is 2.11 bits per heavy atom. The lowest BCUT2D eigenvalue weighted by molar-refractivity contribution is -0.123. The Hall–Kier alpha value is -1.56. The Labute approximate surface area is 112 Å². The fourth-order valence-corrected chi connectivity index (χ4v) is 1.52. The Kier molecular flexibility index (Phi) is 5.64. The van der Waals surface area contributed by atoms with Gasteiger partial charge < -0.3 is 16.0 Å². The van der Waals surface area contributed by atoms with Crippen molar-refractivity contribution in [3.8, 4) is 0 Å². The minimum Gasteiger partial charge on any atom is -0.383 e. The average Bonchev–Trinajstić information content (AvgIpc) is 2.34. The fraction of sp³-hybridized carbons (Fsp3) is 0.545. The predicted octanol–water partition coefficient (Wildman–Crippen LogP) is 1.36. The smallest absolute Gasteiger partial charge is 0.222 e. The third-order valence-electron chi connectivity index (χ3n) is 2.29. The predicted molar refractivity (Wildman–Crippen MR) is 72.9 cm³/mol. The number of hydrogen-bond donors (Lipinski definition) is 3. The van der Waals surface area contributed by atoms with E-state index in [1.54, 1.807) is 7.05 Å². The molecule has 6 nitrogen and oxygen atoms in total. The molecule has 3 N–H and O–H groups in total. The molecular formula is C11H18ClN5O. The summed E-state index contributed by atoms with van der Waals surface area (Å²) in [4.78, 5) is 19.3. The molecule has 7 heteroatoms. The van der Waals surface area contributed by atoms with E-state index in [0.717, 1.165) is 0 Å². The molecule has 1 rings (SSSR count). The summed E-state index contributed by atoms with van der Waals surface area (Å²) < 4.78 is 0. The third kappa shape index (κ3) is 4.03. The zero-order valence-corrected chi connectivity index (χ0v) is 11.5. The van der Waals surface area contributed by atoms with Gasteiger partial charge in [-0.25, -0.2) is 9.97 Å². The quantitative estimate of drug-likeness (QED) is 0.538. The molecule has 1 amide bonds. The van der Waals surface area contributed by atoms with Crippen LogP contribution in [0, 0.1) is 5.92 Å². The topological polar surface area (TPSA) is 78.9 Å². The molecule has 0 aliphatic carbocycles. The highest BCUT2D eigenvalue weighted by atomic mass is 35.5. The van der Waals surface area contributed by atoms with Crippen LogP contribution in [0.4, 0.5) is 11.5 Å². The Morgan fingerprint density at radius 1 is 1.39 bits per heavy atom. The van der Waals surface area contributed by atoms with Crippen LogP contribution in [0.1, 0.15) is 13.8 Å². The van der Waals surface area contributed by atoms with E-state index < -0.39 is 0 Å². The average molecular weight is 272 g/mol. The van der Waals surface area contributed by atoms with E-state index in [4.69, 9.17) is 11.6 Å². The van der Waals surface area contributed by atoms with Gasteiger partial charge in [0, 0.05) is 26.1 Å². The minimum absolute atomic E-state index is 0.00800. The number of aromatic nitrogens is 2. The van der Waals surface area contributed by atoms with Crippen LogP contribution in [0.3, 0.4) is 0 Å². The Bertz CT molecular complexity index is 410. The highest BCUT2D eigenvalue weighted by molar-refractivity contribution is 6.32. The highest BCUT2D eigenvalue weighted by Gasteiger charge is 2.08. The number of nitrogens with one attached hydrogen (secondary N) is 3. The summed E-state index contributed by atoms with van der Waals surface area (Å²) in [5, 5.41) is 9.18. The van der Waals surface area contributed by atoms with Crippen molar-refractivity contribution in [3.63, 3.8) is 0 Å². The van der Waals surface area contributed by atoms with Crippen molar-refractivity contribution in [1.29, 1.82) is 0 Å². The van der Waals surface area contributed by atoms with Crippen LogP contribution in [0.5, 0.6) is 0 Å². The van der Waals surface area contributed by atoms with Crippen LogP contribution in [-0.4, -0.2) is 36.0 Å². The molecule has 0 saturated carbocycles. The Balaban J connectivity index is 2.45. The second-order valence-electron chi connectivity index (χ2n) is 4.01. The van der Waals surface area contributed by atoms with Gasteiger partial charge in [0.1, 0.15) is 12.0 Å². The van der Waals surface area contributed by atoms with Gasteiger partial charge >= 0.3 is 0 Å². The van der Waals surface area contributed by atoms with Crippen LogP contribution in [0.15, 0.2) is 6.33 Å². The summed E-state index contributed by atoms with van der Waals surface area (Å²) in [6, 6.07) is 0. The first-order valence-electron chi connectivity index (χ1n) is 5.76. The summed E-state index contributed by atoms with van der Waals surface area (Å²) >= 11 is 5.91. The molecule has 0 aromatic carbocycles. The van der Waals surface area contributed by atoms with E-state index in [1.165, 1.54) is 6.33 Å². The second-order valence-corrected chi connectivity index (χ2v) is 4.37. The molecule has 1 aromatic heterocycles. The number of nitrogens with zero attached hydrogens (tertiary/aromatic N) is 2. The van der Waals surface area contributed by atoms with E-state index in [1.807, 2.05) is 13.8 Å². The molecule has 0 spiro atoms. The van der Waals surface area contributed by atoms with Gasteiger partial charge in [0.05, 0.1) is 0 Å². The number of carbonyl (C=O) groups is 1. The van der Waals surface area contributed by atoms with Crippen LogP contribution in [0.2, 0.25) is 5.15 Å². The number of hydrogen-bond acceptors (Lipinski definition) is 5. The summed E-state index contributed by atoms with van der Waals surface area (Å²) in [5.74, 6) is 0.647. The molecule has 0 saturated heterocycles. The Morgan fingerprint density at radius 3 is 2.72 bits per heavy atom. The van der Waals surface area contributed by atoms with Crippen molar-refractivity contribution >= 4 is 29.0 Å². The third-order valence-corrected chi connectivity index (χ3v) is 2.58. The van der Waals surface area contributed by atoms with Gasteiger partial charge in [0.25, 0.3) is 0 Å². The normalized spacial score (nSPS) is 10.3. The molecule has 1 heterocycles. The van der Waals surface area contributed by atoms with Crippen molar-refractivity contribution in [2.24, 2.45) is 5.92 Å². The maximum Gasteiger partial charge on any atom is 0.222 e. The largest absolute Gasteiger partial charge is 0.383 e. The maximum absolute atomic E-state index is 11.3. The van der Waals surface area contributed by atoms with Gasteiger partial charge in [0.2, 0.25) is 5.91 Å². The van der Waals surface area contributed by atoms with Crippen molar-refractivity contribution < 1.29 is 4.79 Å². The van der Waals surface area contributed by atoms with E-state index >= 15 is 0 Å². The summed E-state index contributed by atoms with van der Waals surface area (Å²) in [5.41, 5.74) is 0.648. The molecular weight excluding hydrogens is 254 g/mol. The van der Waals surface area contributed by atoms with Crippen molar-refractivity contribution in [3.05, 3.63) is 11.5 Å². The van der Waals surface area contributed by atoms with Gasteiger partial charge in [-0.2, -0.15) is 0 Å². The lowest BCUT2D eigenvalue weighted by Crippen LogP contribution is -2.32. The first-order valence-corrected chi connectivity index (χ1v) is 6.14. The van der Waals surface area contributed by atoms with Gasteiger partial charge in [-0.15, -0.1) is 0 Å². The molecule has 0 bridgehead atoms. The van der Waals surface area contributed by atoms with Crippen molar-refractivity contribution in [2.75, 3.05) is 30.8 Å². The molecule has 100 valence electrons. The van der Waals surface area contributed by atoms with E-state index in [2.05, 4.69) is 25.9 Å². The lowest BCUT2D eigenvalue weighted by atomic mass is 10.2. The molecule has 0 radical (unpaired) electrons. The summed E-state index contributed by atoms with van der Waals surface area (Å²) in [6.07, 6.45) is 1.39. The van der Waals surface area contributed by atoms with Crippen LogP contribution in [-0.2, 0) is 4.79 Å². The minimum atomic E-state index is -0.00800. The lowest BCUT2D eigenvalue weighted by Gasteiger charge is -2.12. The van der Waals surface area contributed by atoms with Gasteiger partial charge in [-0.1, -0.05) is 25.4 Å². The first-order chi connectivity index (χ1) is 8.56. The molecule has 0 aliphatic heterocycles. The van der Waals surface area contributed by atoms with Gasteiger partial charge in [0.15, 0.2) is 11.0 Å². The zero-order chi connectivity index (χ0) is 13.5. The van der Waals surface area contributed by atoms with E-state index in [-0.39, 0.29) is 11.8 Å². The number of halogens is 1. The second kappa shape index (κ2) is 7.00. The standard InChI is InChI=1S/C11H18ClN5O/c1-7(2)11(18)15-5-4-14-10-8(13-3)9(12)16-6-17-10/h6-7,13H,4-5H2,1-3H3,(H,15,18)(H,14,16,17). The molecule has 0 unspecified atom stereocenters. The van der Waals surface area contributed by atoms with E-state index in [0.29, 0.717) is 29.7 Å². The summed E-state index contributed by atoms with van der Waals surface area (Å²) in [7, 11) is 1.75.